The van der Waals surface area contributed by atoms with Gasteiger partial charge < -0.3 is 14.7 Å². The van der Waals surface area contributed by atoms with Gasteiger partial charge in [-0.05, 0) is 24.3 Å². The average Bonchev–Trinajstić information content (AvgIpc) is 3.16. The van der Waals surface area contributed by atoms with Crippen molar-refractivity contribution in [2.24, 2.45) is 0 Å². The second kappa shape index (κ2) is 5.43. The lowest BCUT2D eigenvalue weighted by molar-refractivity contribution is 0.484. The molecule has 0 bridgehead atoms. The van der Waals surface area contributed by atoms with E-state index in [2.05, 4.69) is 33.8 Å². The maximum atomic E-state index is 5.98. The molecular weight excluding hydrogens is 288 g/mol. The van der Waals surface area contributed by atoms with Gasteiger partial charge in [-0.25, -0.2) is 9.97 Å². The molecule has 0 radical (unpaired) electrons. The van der Waals surface area contributed by atoms with Crippen LogP contribution in [0.4, 0.5) is 0 Å². The summed E-state index contributed by atoms with van der Waals surface area (Å²) >= 11 is 0. The minimum absolute atomic E-state index is 0.790. The van der Waals surface area contributed by atoms with E-state index < -0.39 is 0 Å². The molecule has 4 aromatic rings. The summed E-state index contributed by atoms with van der Waals surface area (Å²) in [5, 5.41) is 0. The van der Waals surface area contributed by atoms with Gasteiger partial charge in [0.2, 0.25) is 0 Å². The topological polar surface area (TPSA) is 66.6 Å². The third-order valence-corrected chi connectivity index (χ3v) is 3.91. The normalized spacial score (nSPS) is 11.4. The van der Waals surface area contributed by atoms with Crippen LogP contribution in [0.2, 0.25) is 0 Å². The van der Waals surface area contributed by atoms with Crippen LogP contribution in [0.25, 0.3) is 22.1 Å². The Hall–Kier alpha value is -2.82. The first kappa shape index (κ1) is 13.8. The highest BCUT2D eigenvalue weighted by atomic mass is 16.5. The van der Waals surface area contributed by atoms with E-state index in [0.29, 0.717) is 0 Å². The summed E-state index contributed by atoms with van der Waals surface area (Å²) in [6.45, 7) is 4.17. The molecular formula is C18H18N4O. The number of nitrogens with zero attached hydrogens (tertiary/aromatic N) is 2. The molecule has 2 N–H and O–H groups in total. The SMILES string of the molecule is CCc1nc2ccc(Oc3ccc4nc(CC)[nH]c4c3)cc2[nH]1. The summed E-state index contributed by atoms with van der Waals surface area (Å²) in [5.74, 6) is 3.56. The maximum absolute atomic E-state index is 5.98. The van der Waals surface area contributed by atoms with Gasteiger partial charge in [-0.1, -0.05) is 13.8 Å². The third-order valence-electron chi connectivity index (χ3n) is 3.91. The summed E-state index contributed by atoms with van der Waals surface area (Å²) in [7, 11) is 0. The van der Waals surface area contributed by atoms with Crippen LogP contribution in [0.15, 0.2) is 36.4 Å². The van der Waals surface area contributed by atoms with Gasteiger partial charge in [0.15, 0.2) is 0 Å². The highest BCUT2D eigenvalue weighted by molar-refractivity contribution is 5.78. The minimum atomic E-state index is 0.790. The first-order valence-electron chi connectivity index (χ1n) is 7.90. The number of aromatic nitrogens is 4. The molecule has 0 spiro atoms. The molecule has 0 aliphatic carbocycles. The van der Waals surface area contributed by atoms with Crippen LogP contribution in [-0.2, 0) is 12.8 Å². The molecule has 0 amide bonds. The molecule has 0 saturated carbocycles. The number of hydrogen-bond acceptors (Lipinski definition) is 3. The van der Waals surface area contributed by atoms with Crippen molar-refractivity contribution < 1.29 is 4.74 Å². The number of H-pyrrole nitrogens is 2. The van der Waals surface area contributed by atoms with E-state index in [1.807, 2.05) is 36.4 Å². The predicted octanol–water partition coefficient (Wildman–Crippen LogP) is 4.36. The third kappa shape index (κ3) is 2.54. The first-order chi connectivity index (χ1) is 11.2. The van der Waals surface area contributed by atoms with Crippen LogP contribution in [0.1, 0.15) is 25.5 Å². The largest absolute Gasteiger partial charge is 0.457 e. The van der Waals surface area contributed by atoms with E-state index in [0.717, 1.165) is 58.1 Å². The molecule has 2 heterocycles. The van der Waals surface area contributed by atoms with Crippen molar-refractivity contribution in [3.8, 4) is 11.5 Å². The van der Waals surface area contributed by atoms with E-state index in [9.17, 15) is 0 Å². The Morgan fingerprint density at radius 3 is 1.70 bits per heavy atom. The smallest absolute Gasteiger partial charge is 0.129 e. The number of rotatable bonds is 4. The lowest BCUT2D eigenvalue weighted by Gasteiger charge is -2.05. The summed E-state index contributed by atoms with van der Waals surface area (Å²) in [4.78, 5) is 15.6. The quantitative estimate of drug-likeness (QED) is 0.589. The Balaban J connectivity index is 1.66. The molecule has 2 aromatic carbocycles. The van der Waals surface area contributed by atoms with E-state index >= 15 is 0 Å². The van der Waals surface area contributed by atoms with Crippen molar-refractivity contribution in [3.05, 3.63) is 48.0 Å². The van der Waals surface area contributed by atoms with Gasteiger partial charge >= 0.3 is 0 Å². The summed E-state index contributed by atoms with van der Waals surface area (Å²) in [6, 6.07) is 11.8. The van der Waals surface area contributed by atoms with E-state index in [4.69, 9.17) is 4.74 Å². The molecule has 0 atom stereocenters. The van der Waals surface area contributed by atoms with Gasteiger partial charge in [0.25, 0.3) is 0 Å². The van der Waals surface area contributed by atoms with Crippen molar-refractivity contribution in [2.75, 3.05) is 0 Å². The second-order valence-electron chi connectivity index (χ2n) is 5.53. The van der Waals surface area contributed by atoms with Gasteiger partial charge in [-0.3, -0.25) is 0 Å². The molecule has 23 heavy (non-hydrogen) atoms. The second-order valence-corrected chi connectivity index (χ2v) is 5.53. The van der Waals surface area contributed by atoms with Crippen LogP contribution in [-0.4, -0.2) is 19.9 Å². The van der Waals surface area contributed by atoms with Crippen molar-refractivity contribution >= 4 is 22.1 Å². The van der Waals surface area contributed by atoms with Gasteiger partial charge in [0, 0.05) is 25.0 Å². The maximum Gasteiger partial charge on any atom is 0.129 e. The van der Waals surface area contributed by atoms with Gasteiger partial charge in [-0.15, -0.1) is 0 Å². The fourth-order valence-electron chi connectivity index (χ4n) is 2.68. The highest BCUT2D eigenvalue weighted by Crippen LogP contribution is 2.27. The molecule has 5 heteroatoms. The standard InChI is InChI=1S/C18H18N4O/c1-3-17-19-13-7-5-11(9-15(13)21-17)23-12-6-8-14-16(10-12)22-18(4-2)20-14/h5-10H,3-4H2,1-2H3,(H,19,21)(H,20,22). The van der Waals surface area contributed by atoms with E-state index in [1.165, 1.54) is 0 Å². The summed E-state index contributed by atoms with van der Waals surface area (Å²) in [5.41, 5.74) is 3.92. The zero-order chi connectivity index (χ0) is 15.8. The summed E-state index contributed by atoms with van der Waals surface area (Å²) in [6.07, 6.45) is 1.78. The number of hydrogen-bond donors (Lipinski definition) is 2. The Morgan fingerprint density at radius 2 is 1.26 bits per heavy atom. The van der Waals surface area contributed by atoms with Crippen LogP contribution >= 0.6 is 0 Å². The van der Waals surface area contributed by atoms with E-state index in [-0.39, 0.29) is 0 Å². The van der Waals surface area contributed by atoms with Crippen LogP contribution < -0.4 is 4.74 Å². The zero-order valence-electron chi connectivity index (χ0n) is 13.2. The number of nitrogens with one attached hydrogen (secondary N) is 2. The molecule has 0 aliphatic heterocycles. The predicted molar refractivity (Wildman–Crippen MR) is 91.0 cm³/mol. The zero-order valence-corrected chi connectivity index (χ0v) is 13.2. The molecule has 0 unspecified atom stereocenters. The number of fused-ring (bicyclic) bond motifs is 2. The lowest BCUT2D eigenvalue weighted by Crippen LogP contribution is -1.84. The molecule has 5 nitrogen and oxygen atoms in total. The van der Waals surface area contributed by atoms with Crippen molar-refractivity contribution in [1.82, 2.24) is 19.9 Å². The molecule has 0 saturated heterocycles. The number of ether oxygens (including phenoxy) is 1. The highest BCUT2D eigenvalue weighted by Gasteiger charge is 2.06. The Kier molecular flexibility index (Phi) is 3.26. The molecule has 4 rings (SSSR count). The minimum Gasteiger partial charge on any atom is -0.457 e. The van der Waals surface area contributed by atoms with Gasteiger partial charge in [-0.2, -0.15) is 0 Å². The Labute approximate surface area is 133 Å². The van der Waals surface area contributed by atoms with Gasteiger partial charge in [0.1, 0.15) is 23.1 Å². The monoisotopic (exact) mass is 306 g/mol. The Bertz CT molecular complexity index is 903. The first-order valence-corrected chi connectivity index (χ1v) is 7.90. The Morgan fingerprint density at radius 1 is 0.783 bits per heavy atom. The fourth-order valence-corrected chi connectivity index (χ4v) is 2.68. The molecule has 0 aliphatic rings. The van der Waals surface area contributed by atoms with Crippen molar-refractivity contribution in [1.29, 1.82) is 0 Å². The van der Waals surface area contributed by atoms with Crippen molar-refractivity contribution in [2.45, 2.75) is 26.7 Å². The molecule has 116 valence electrons. The van der Waals surface area contributed by atoms with Crippen LogP contribution in [0.3, 0.4) is 0 Å². The summed E-state index contributed by atoms with van der Waals surface area (Å²) < 4.78 is 5.98. The number of imidazole rings is 2. The number of aromatic amines is 2. The fraction of sp³-hybridized carbons (Fsp3) is 0.222. The number of benzene rings is 2. The van der Waals surface area contributed by atoms with Gasteiger partial charge in [0.05, 0.1) is 22.1 Å². The molecule has 2 aromatic heterocycles. The van der Waals surface area contributed by atoms with Crippen LogP contribution in [0, 0.1) is 0 Å². The van der Waals surface area contributed by atoms with Crippen molar-refractivity contribution in [3.63, 3.8) is 0 Å². The average molecular weight is 306 g/mol. The van der Waals surface area contributed by atoms with Crippen LogP contribution in [0.5, 0.6) is 11.5 Å². The number of aryl methyl sites for hydroxylation is 2. The van der Waals surface area contributed by atoms with E-state index in [1.54, 1.807) is 0 Å². The lowest BCUT2D eigenvalue weighted by atomic mass is 10.3. The molecule has 0 fully saturated rings.